The van der Waals surface area contributed by atoms with Gasteiger partial charge in [-0.2, -0.15) is 0 Å². The average molecular weight is 199 g/mol. The van der Waals surface area contributed by atoms with Gasteiger partial charge in [0.1, 0.15) is 0 Å². The molecule has 0 spiro atoms. The molecule has 1 heterocycles. The van der Waals surface area contributed by atoms with Gasteiger partial charge in [0, 0.05) is 12.6 Å². The predicted octanol–water partition coefficient (Wildman–Crippen LogP) is 3.17. The molecule has 2 fully saturated rings. The fraction of sp³-hybridized carbons (Fsp3) is 1.00. The monoisotopic (exact) mass is 199 g/mol. The molecule has 2 bridgehead atoms. The highest BCUT2D eigenvalue weighted by atomic mass is 32.2. The molecule has 0 aromatic carbocycles. The number of nitrogens with zero attached hydrogens (tertiary/aromatic N) is 1. The van der Waals surface area contributed by atoms with Crippen LogP contribution in [0.5, 0.6) is 0 Å². The third kappa shape index (κ3) is 1.75. The summed E-state index contributed by atoms with van der Waals surface area (Å²) < 4.78 is 2.61. The quantitative estimate of drug-likeness (QED) is 0.597. The van der Waals surface area contributed by atoms with Gasteiger partial charge in [0.05, 0.1) is 0 Å². The van der Waals surface area contributed by atoms with Crippen molar-refractivity contribution in [2.45, 2.75) is 46.1 Å². The van der Waals surface area contributed by atoms with Crippen LogP contribution in [0, 0.1) is 10.8 Å². The Hall–Kier alpha value is 0.310. The highest BCUT2D eigenvalue weighted by Crippen LogP contribution is 2.53. The fourth-order valence-electron chi connectivity index (χ4n) is 3.62. The minimum absolute atomic E-state index is 0.572. The summed E-state index contributed by atoms with van der Waals surface area (Å²) in [6, 6.07) is 0.851. The Morgan fingerprint density at radius 3 is 2.54 bits per heavy atom. The zero-order valence-corrected chi connectivity index (χ0v) is 10.1. The summed E-state index contributed by atoms with van der Waals surface area (Å²) in [4.78, 5) is 0. The lowest BCUT2D eigenvalue weighted by Crippen LogP contribution is -2.33. The number of hydrogen-bond donors (Lipinski definition) is 0. The van der Waals surface area contributed by atoms with Crippen LogP contribution in [0.3, 0.4) is 0 Å². The lowest BCUT2D eigenvalue weighted by Gasteiger charge is -2.39. The Balaban J connectivity index is 2.18. The molecule has 1 aliphatic heterocycles. The molecule has 1 saturated heterocycles. The van der Waals surface area contributed by atoms with E-state index in [2.05, 4.69) is 31.3 Å². The van der Waals surface area contributed by atoms with E-state index in [9.17, 15) is 0 Å². The molecular weight excluding hydrogens is 178 g/mol. The van der Waals surface area contributed by atoms with Crippen molar-refractivity contribution < 1.29 is 0 Å². The van der Waals surface area contributed by atoms with Crippen molar-refractivity contribution in [3.8, 4) is 0 Å². The van der Waals surface area contributed by atoms with Gasteiger partial charge in [-0.25, -0.2) is 4.31 Å². The highest BCUT2D eigenvalue weighted by Gasteiger charge is 2.49. The van der Waals surface area contributed by atoms with Crippen molar-refractivity contribution in [1.82, 2.24) is 4.31 Å². The van der Waals surface area contributed by atoms with Crippen molar-refractivity contribution in [3.05, 3.63) is 0 Å². The van der Waals surface area contributed by atoms with E-state index >= 15 is 0 Å². The molecule has 0 aromatic heterocycles. The van der Waals surface area contributed by atoms with Crippen molar-refractivity contribution in [3.63, 3.8) is 0 Å². The van der Waals surface area contributed by atoms with Crippen molar-refractivity contribution in [1.29, 1.82) is 0 Å². The number of hydrogen-bond acceptors (Lipinski definition) is 2. The second kappa shape index (κ2) is 2.90. The Labute approximate surface area is 86.4 Å². The summed E-state index contributed by atoms with van der Waals surface area (Å²) in [5.41, 5.74) is 1.18. The predicted molar refractivity (Wildman–Crippen MR) is 59.7 cm³/mol. The van der Waals surface area contributed by atoms with E-state index in [1.807, 2.05) is 11.9 Å². The molecule has 2 unspecified atom stereocenters. The van der Waals surface area contributed by atoms with Gasteiger partial charge in [0.25, 0.3) is 0 Å². The van der Waals surface area contributed by atoms with Crippen LogP contribution in [0.4, 0.5) is 0 Å². The van der Waals surface area contributed by atoms with Crippen molar-refractivity contribution in [2.24, 2.45) is 10.8 Å². The smallest absolute Gasteiger partial charge is 0.0213 e. The van der Waals surface area contributed by atoms with Crippen molar-refractivity contribution in [2.75, 3.05) is 12.8 Å². The summed E-state index contributed by atoms with van der Waals surface area (Å²) in [5, 5.41) is 0. The van der Waals surface area contributed by atoms with Crippen LogP contribution >= 0.6 is 11.9 Å². The summed E-state index contributed by atoms with van der Waals surface area (Å²) in [5.74, 6) is 0. The Kier molecular flexibility index (Phi) is 2.20. The molecule has 1 aliphatic carbocycles. The topological polar surface area (TPSA) is 3.24 Å². The van der Waals surface area contributed by atoms with E-state index in [1.165, 1.54) is 25.8 Å². The third-order valence-electron chi connectivity index (χ3n) is 3.60. The third-order valence-corrected chi connectivity index (χ3v) is 4.50. The molecule has 1 saturated carbocycles. The minimum atomic E-state index is 0.572. The van der Waals surface area contributed by atoms with Gasteiger partial charge in [-0.15, -0.1) is 0 Å². The maximum absolute atomic E-state index is 2.61. The summed E-state index contributed by atoms with van der Waals surface area (Å²) >= 11 is 1.94. The largest absolute Gasteiger partial charge is 0.247 e. The van der Waals surface area contributed by atoms with Gasteiger partial charge in [-0.3, -0.25) is 0 Å². The maximum atomic E-state index is 2.61. The van der Waals surface area contributed by atoms with Crippen LogP contribution in [0.1, 0.15) is 40.0 Å². The molecule has 0 amide bonds. The van der Waals surface area contributed by atoms with E-state index in [4.69, 9.17) is 0 Å². The number of fused-ring (bicyclic) bond motifs is 2. The Morgan fingerprint density at radius 1 is 1.23 bits per heavy atom. The normalized spacial score (nSPS) is 43.8. The zero-order chi connectivity index (χ0) is 9.69. The molecule has 2 rings (SSSR count). The van der Waals surface area contributed by atoms with Gasteiger partial charge >= 0.3 is 0 Å². The standard InChI is InChI=1S/C11H21NS/c1-10(2)5-9-6-11(3,7-10)8-12(9)13-4/h9H,5-8H2,1-4H3. The average Bonchev–Trinajstić information content (AvgIpc) is 2.19. The first-order valence-corrected chi connectivity index (χ1v) is 6.43. The molecule has 2 atom stereocenters. The SMILES string of the molecule is CSN1CC2(C)CC1CC(C)(C)C2. The Bertz CT molecular complexity index is 214. The van der Waals surface area contributed by atoms with Gasteiger partial charge < -0.3 is 0 Å². The summed E-state index contributed by atoms with van der Waals surface area (Å²) in [6.07, 6.45) is 6.45. The molecule has 0 aromatic rings. The van der Waals surface area contributed by atoms with Crippen LogP contribution < -0.4 is 0 Å². The Morgan fingerprint density at radius 2 is 1.92 bits per heavy atom. The van der Waals surface area contributed by atoms with Crippen LogP contribution in [0.15, 0.2) is 0 Å². The molecule has 13 heavy (non-hydrogen) atoms. The molecule has 0 N–H and O–H groups in total. The second-order valence-corrected chi connectivity index (χ2v) is 6.81. The van der Waals surface area contributed by atoms with Crippen LogP contribution in [-0.4, -0.2) is 23.1 Å². The number of rotatable bonds is 1. The van der Waals surface area contributed by atoms with E-state index in [0.29, 0.717) is 10.8 Å². The van der Waals surface area contributed by atoms with Crippen LogP contribution in [-0.2, 0) is 0 Å². The first-order valence-electron chi connectivity index (χ1n) is 5.25. The maximum Gasteiger partial charge on any atom is 0.0213 e. The van der Waals surface area contributed by atoms with E-state index in [1.54, 1.807) is 0 Å². The fourth-order valence-corrected chi connectivity index (χ4v) is 4.51. The van der Waals surface area contributed by atoms with Crippen LogP contribution in [0.2, 0.25) is 0 Å². The van der Waals surface area contributed by atoms with Crippen LogP contribution in [0.25, 0.3) is 0 Å². The summed E-state index contributed by atoms with van der Waals surface area (Å²) in [7, 11) is 0. The zero-order valence-electron chi connectivity index (χ0n) is 9.26. The summed E-state index contributed by atoms with van der Waals surface area (Å²) in [6.45, 7) is 8.64. The molecule has 2 heteroatoms. The van der Waals surface area contributed by atoms with Gasteiger partial charge in [-0.05, 0) is 36.3 Å². The van der Waals surface area contributed by atoms with E-state index < -0.39 is 0 Å². The van der Waals surface area contributed by atoms with Crippen molar-refractivity contribution >= 4 is 11.9 Å². The molecule has 2 aliphatic rings. The van der Waals surface area contributed by atoms with Gasteiger partial charge in [0.15, 0.2) is 0 Å². The first-order chi connectivity index (χ1) is 5.94. The lowest BCUT2D eigenvalue weighted by atomic mass is 9.65. The van der Waals surface area contributed by atoms with Gasteiger partial charge in [0.2, 0.25) is 0 Å². The van der Waals surface area contributed by atoms with E-state index in [-0.39, 0.29) is 0 Å². The molecule has 76 valence electrons. The molecule has 0 radical (unpaired) electrons. The first kappa shape index (κ1) is 9.85. The van der Waals surface area contributed by atoms with E-state index in [0.717, 1.165) is 6.04 Å². The molecular formula is C11H21NS. The van der Waals surface area contributed by atoms with Gasteiger partial charge in [-0.1, -0.05) is 32.7 Å². The minimum Gasteiger partial charge on any atom is -0.247 e. The molecule has 1 nitrogen and oxygen atoms in total. The highest BCUT2D eigenvalue weighted by molar-refractivity contribution is 7.96. The second-order valence-electron chi connectivity index (χ2n) is 5.97. The lowest BCUT2D eigenvalue weighted by molar-refractivity contribution is 0.133.